The van der Waals surface area contributed by atoms with Crippen LogP contribution in [0.5, 0.6) is 0 Å². The lowest BCUT2D eigenvalue weighted by atomic mass is 9.33. The molecule has 8 aromatic carbocycles. The zero-order valence-corrected chi connectivity index (χ0v) is 31.1. The molecule has 0 unspecified atom stereocenters. The monoisotopic (exact) mass is 708 g/mol. The number of nitrogens with zero attached hydrogens (tertiary/aromatic N) is 2. The number of para-hydroxylation sites is 3. The van der Waals surface area contributed by atoms with Crippen molar-refractivity contribution in [3.8, 4) is 44.9 Å². The van der Waals surface area contributed by atoms with Gasteiger partial charge in [-0.25, -0.2) is 0 Å². The summed E-state index contributed by atoms with van der Waals surface area (Å²) >= 11 is 0. The molecule has 0 amide bonds. The SMILES string of the molecule is Cc1ccc(-c2c(-c3ccc(C)cc3)n3c4c(cccc24)B2c4c-3ccc3c4-n4c5c2cccc5c2cccc(c24)C32c3ccccc3-c3ccccc32)cc1. The summed E-state index contributed by atoms with van der Waals surface area (Å²) in [5.41, 5.74) is 26.2. The molecule has 0 fully saturated rings. The first kappa shape index (κ1) is 29.5. The van der Waals surface area contributed by atoms with E-state index in [1.165, 1.54) is 127 Å². The van der Waals surface area contributed by atoms with Gasteiger partial charge in [-0.3, -0.25) is 0 Å². The molecule has 1 aliphatic carbocycles. The standard InChI is InChI=1S/C53H33BN2/c1-30-20-24-32(25-21-30)46-38-14-9-19-44-51(38)55(48(46)33-26-22-31(2)23-27-33)45-29-28-42-52-47(45)54(44)43-18-8-13-37-36-12-7-17-41(49(36)56(52)50(37)43)53(42)39-15-5-3-10-34(39)35-11-4-6-16-40(35)53/h3-29H,1-2H3. The second kappa shape index (κ2) is 9.87. The largest absolute Gasteiger partial charge is 0.310 e. The second-order valence-corrected chi connectivity index (χ2v) is 16.5. The predicted octanol–water partition coefficient (Wildman–Crippen LogP) is 10.5. The number of benzene rings is 8. The van der Waals surface area contributed by atoms with Crippen molar-refractivity contribution in [1.82, 2.24) is 9.13 Å². The Morgan fingerprint density at radius 2 is 0.982 bits per heavy atom. The third kappa shape index (κ3) is 3.17. The summed E-state index contributed by atoms with van der Waals surface area (Å²) in [6.45, 7) is 4.44. The van der Waals surface area contributed by atoms with E-state index in [1.54, 1.807) is 0 Å². The molecule has 2 aromatic heterocycles. The highest BCUT2D eigenvalue weighted by Gasteiger charge is 2.54. The Bertz CT molecular complexity index is 3390. The third-order valence-electron chi connectivity index (χ3n) is 13.9. The van der Waals surface area contributed by atoms with Crippen LogP contribution >= 0.6 is 0 Å². The van der Waals surface area contributed by atoms with E-state index in [0.29, 0.717) is 0 Å². The average Bonchev–Trinajstić information content (AvgIpc) is 3.87. The van der Waals surface area contributed by atoms with E-state index >= 15 is 0 Å². The lowest BCUT2D eigenvalue weighted by Crippen LogP contribution is -2.60. The van der Waals surface area contributed by atoms with Gasteiger partial charge in [0.1, 0.15) is 0 Å². The van der Waals surface area contributed by atoms with Crippen LogP contribution in [0.1, 0.15) is 33.4 Å². The molecule has 0 atom stereocenters. The Morgan fingerprint density at radius 3 is 1.66 bits per heavy atom. The molecule has 1 spiro atoms. The van der Waals surface area contributed by atoms with Crippen molar-refractivity contribution in [3.05, 3.63) is 197 Å². The quantitative estimate of drug-likeness (QED) is 0.158. The molecule has 14 rings (SSSR count). The van der Waals surface area contributed by atoms with E-state index in [0.717, 1.165) is 0 Å². The Morgan fingerprint density at radius 1 is 0.429 bits per heavy atom. The molecule has 3 heteroatoms. The van der Waals surface area contributed by atoms with Crippen LogP contribution in [-0.2, 0) is 5.41 Å². The van der Waals surface area contributed by atoms with E-state index in [4.69, 9.17) is 0 Å². The van der Waals surface area contributed by atoms with Gasteiger partial charge < -0.3 is 9.13 Å². The van der Waals surface area contributed by atoms with E-state index in [9.17, 15) is 0 Å². The lowest BCUT2D eigenvalue weighted by Gasteiger charge is -2.44. The first-order valence-electron chi connectivity index (χ1n) is 19.9. The molecular formula is C53H33BN2. The van der Waals surface area contributed by atoms with Gasteiger partial charge in [-0.15, -0.1) is 0 Å². The fourth-order valence-corrected chi connectivity index (χ4v) is 11.8. The van der Waals surface area contributed by atoms with Crippen LogP contribution in [0.15, 0.2) is 164 Å². The van der Waals surface area contributed by atoms with Crippen molar-refractivity contribution in [1.29, 1.82) is 0 Å². The summed E-state index contributed by atoms with van der Waals surface area (Å²) in [6.07, 6.45) is 0. The fraction of sp³-hybridized carbons (Fsp3) is 0.0566. The van der Waals surface area contributed by atoms with Gasteiger partial charge in [0.2, 0.25) is 0 Å². The average molecular weight is 709 g/mol. The lowest BCUT2D eigenvalue weighted by molar-refractivity contribution is 0.749. The van der Waals surface area contributed by atoms with Gasteiger partial charge in [0, 0.05) is 44.1 Å². The summed E-state index contributed by atoms with van der Waals surface area (Å²) in [5.74, 6) is 0. The van der Waals surface area contributed by atoms with Gasteiger partial charge in [-0.1, -0.05) is 169 Å². The van der Waals surface area contributed by atoms with Crippen LogP contribution in [0.3, 0.4) is 0 Å². The molecule has 0 saturated carbocycles. The minimum absolute atomic E-state index is 0.0776. The highest BCUT2D eigenvalue weighted by molar-refractivity contribution is 7.00. The maximum Gasteiger partial charge on any atom is 0.252 e. The van der Waals surface area contributed by atoms with Gasteiger partial charge in [0.25, 0.3) is 6.71 Å². The van der Waals surface area contributed by atoms with Crippen molar-refractivity contribution < 1.29 is 0 Å². The van der Waals surface area contributed by atoms with Gasteiger partial charge >= 0.3 is 0 Å². The number of hydrogen-bond donors (Lipinski definition) is 0. The van der Waals surface area contributed by atoms with E-state index < -0.39 is 5.41 Å². The zero-order valence-electron chi connectivity index (χ0n) is 31.1. The van der Waals surface area contributed by atoms with Crippen molar-refractivity contribution in [2.45, 2.75) is 19.3 Å². The summed E-state index contributed by atoms with van der Waals surface area (Å²) in [5, 5.41) is 3.98. The molecule has 0 bridgehead atoms. The Labute approximate surface area is 325 Å². The maximum atomic E-state index is 2.69. The molecule has 0 radical (unpaired) electrons. The molecule has 5 heterocycles. The van der Waals surface area contributed by atoms with E-state index in [1.807, 2.05) is 0 Å². The van der Waals surface area contributed by atoms with Crippen molar-refractivity contribution in [2.24, 2.45) is 0 Å². The summed E-state index contributed by atoms with van der Waals surface area (Å²) in [7, 11) is 0. The van der Waals surface area contributed by atoms with E-state index in [2.05, 4.69) is 187 Å². The molecule has 4 aliphatic rings. The predicted molar refractivity (Wildman–Crippen MR) is 233 cm³/mol. The molecule has 10 aromatic rings. The first-order valence-corrected chi connectivity index (χ1v) is 19.9. The van der Waals surface area contributed by atoms with Crippen molar-refractivity contribution >= 4 is 55.8 Å². The number of fused-ring (bicyclic) bond motifs is 11. The first-order chi connectivity index (χ1) is 27.6. The third-order valence-corrected chi connectivity index (χ3v) is 13.9. The Kier molecular flexibility index (Phi) is 5.20. The van der Waals surface area contributed by atoms with Gasteiger partial charge in [-0.2, -0.15) is 0 Å². The highest BCUT2D eigenvalue weighted by atomic mass is 15.1. The minimum Gasteiger partial charge on any atom is -0.310 e. The summed E-state index contributed by atoms with van der Waals surface area (Å²) in [6, 6.07) is 63.0. The Balaban J connectivity index is 1.22. The van der Waals surface area contributed by atoms with Gasteiger partial charge in [0.05, 0.1) is 16.6 Å². The fourth-order valence-electron chi connectivity index (χ4n) is 11.8. The number of rotatable bonds is 2. The van der Waals surface area contributed by atoms with Crippen molar-refractivity contribution in [3.63, 3.8) is 0 Å². The molecule has 258 valence electrons. The van der Waals surface area contributed by atoms with Crippen LogP contribution < -0.4 is 16.4 Å². The molecule has 0 N–H and O–H groups in total. The smallest absolute Gasteiger partial charge is 0.252 e. The maximum absolute atomic E-state index is 2.69. The summed E-state index contributed by atoms with van der Waals surface area (Å²) in [4.78, 5) is 0. The number of aryl methyl sites for hydroxylation is 2. The molecule has 3 aliphatic heterocycles. The second-order valence-electron chi connectivity index (χ2n) is 16.5. The number of hydrogen-bond acceptors (Lipinski definition) is 0. The minimum atomic E-state index is -0.459. The van der Waals surface area contributed by atoms with Crippen LogP contribution in [0.2, 0.25) is 0 Å². The van der Waals surface area contributed by atoms with Gasteiger partial charge in [-0.05, 0) is 80.8 Å². The zero-order chi connectivity index (χ0) is 36.6. The topological polar surface area (TPSA) is 9.86 Å². The summed E-state index contributed by atoms with van der Waals surface area (Å²) < 4.78 is 5.34. The van der Waals surface area contributed by atoms with E-state index in [-0.39, 0.29) is 6.71 Å². The van der Waals surface area contributed by atoms with Gasteiger partial charge in [0.15, 0.2) is 0 Å². The normalized spacial score (nSPS) is 14.4. The highest BCUT2D eigenvalue weighted by Crippen LogP contribution is 2.61. The molecular weight excluding hydrogens is 675 g/mol. The van der Waals surface area contributed by atoms with Crippen LogP contribution in [0, 0.1) is 13.8 Å². The Hall–Kier alpha value is -6.84. The number of aromatic nitrogens is 2. The van der Waals surface area contributed by atoms with Crippen LogP contribution in [-0.4, -0.2) is 15.8 Å². The molecule has 56 heavy (non-hydrogen) atoms. The molecule has 2 nitrogen and oxygen atoms in total. The van der Waals surface area contributed by atoms with Crippen LogP contribution in [0.4, 0.5) is 0 Å². The molecule has 0 saturated heterocycles. The van der Waals surface area contributed by atoms with Crippen molar-refractivity contribution in [2.75, 3.05) is 0 Å². The van der Waals surface area contributed by atoms with Crippen LogP contribution in [0.25, 0.3) is 77.6 Å².